The Morgan fingerprint density at radius 1 is 1.30 bits per heavy atom. The van der Waals surface area contributed by atoms with Crippen LogP contribution in [0.5, 0.6) is 0 Å². The number of amides is 2. The number of para-hydroxylation sites is 1. The van der Waals surface area contributed by atoms with Gasteiger partial charge in [0, 0.05) is 0 Å². The lowest BCUT2D eigenvalue weighted by Gasteiger charge is -2.35. The second-order valence-corrected chi connectivity index (χ2v) is 8.96. The standard InChI is InChI=1S/C23H28N2O5/c1-5-30-20(28)14(2)18(26)19(27)25-17-13-15-11-12-23(17,22(15,3)4)21(29)24(25)16-9-7-6-8-10-16/h6-10,15,17-18,26H,2,5,11-13H2,1,3-4H3/t15-,17-,18+,23+/m1/s1. The van der Waals surface area contributed by atoms with Gasteiger partial charge in [-0.25, -0.2) is 14.8 Å². The van der Waals surface area contributed by atoms with Crippen LogP contribution in [-0.4, -0.2) is 46.7 Å². The number of ether oxygens (including phenoxy) is 1. The molecule has 4 rings (SSSR count). The van der Waals surface area contributed by atoms with E-state index >= 15 is 0 Å². The molecule has 3 fully saturated rings. The summed E-state index contributed by atoms with van der Waals surface area (Å²) in [5, 5.41) is 13.5. The molecule has 2 aliphatic carbocycles. The van der Waals surface area contributed by atoms with Crippen molar-refractivity contribution in [1.82, 2.24) is 5.01 Å². The van der Waals surface area contributed by atoms with Gasteiger partial charge in [0.25, 0.3) is 11.8 Å². The minimum Gasteiger partial charge on any atom is -0.463 e. The summed E-state index contributed by atoms with van der Waals surface area (Å²) in [5.74, 6) is -1.34. The van der Waals surface area contributed by atoms with Gasteiger partial charge in [-0.2, -0.15) is 0 Å². The maximum Gasteiger partial charge on any atom is 0.336 e. The van der Waals surface area contributed by atoms with E-state index < -0.39 is 23.4 Å². The van der Waals surface area contributed by atoms with Crippen LogP contribution in [0.4, 0.5) is 5.69 Å². The molecule has 2 bridgehead atoms. The molecule has 30 heavy (non-hydrogen) atoms. The number of fused-ring (bicyclic) bond motifs is 1. The summed E-state index contributed by atoms with van der Waals surface area (Å²) in [6.45, 7) is 9.52. The molecular formula is C23H28N2O5. The van der Waals surface area contributed by atoms with Crippen LogP contribution in [0.2, 0.25) is 0 Å². The lowest BCUT2D eigenvalue weighted by molar-refractivity contribution is -0.147. The highest BCUT2D eigenvalue weighted by Gasteiger charge is 2.75. The number of anilines is 1. The van der Waals surface area contributed by atoms with Gasteiger partial charge in [0.05, 0.1) is 29.3 Å². The van der Waals surface area contributed by atoms with E-state index in [4.69, 9.17) is 4.74 Å². The van der Waals surface area contributed by atoms with Gasteiger partial charge in [0.15, 0.2) is 6.10 Å². The van der Waals surface area contributed by atoms with Crippen molar-refractivity contribution in [3.63, 3.8) is 0 Å². The first-order chi connectivity index (χ1) is 14.2. The molecule has 3 aliphatic rings. The molecule has 0 unspecified atom stereocenters. The smallest absolute Gasteiger partial charge is 0.336 e. The normalized spacial score (nSPS) is 29.7. The maximum absolute atomic E-state index is 13.9. The quantitative estimate of drug-likeness (QED) is 0.593. The molecule has 1 heterocycles. The summed E-state index contributed by atoms with van der Waals surface area (Å²) in [6.07, 6.45) is 0.557. The van der Waals surface area contributed by atoms with Gasteiger partial charge in [-0.15, -0.1) is 0 Å². The molecule has 1 N–H and O–H groups in total. The van der Waals surface area contributed by atoms with Crippen molar-refractivity contribution in [2.75, 3.05) is 11.6 Å². The Bertz CT molecular complexity index is 911. The zero-order valence-electron chi connectivity index (χ0n) is 17.6. The van der Waals surface area contributed by atoms with Crippen LogP contribution in [0.3, 0.4) is 0 Å². The van der Waals surface area contributed by atoms with Gasteiger partial charge in [0.2, 0.25) is 0 Å². The zero-order valence-corrected chi connectivity index (χ0v) is 17.6. The minimum absolute atomic E-state index is 0.110. The predicted octanol–water partition coefficient (Wildman–Crippen LogP) is 2.45. The molecule has 1 aromatic rings. The fraction of sp³-hybridized carbons (Fsp3) is 0.522. The fourth-order valence-corrected chi connectivity index (χ4v) is 5.86. The van der Waals surface area contributed by atoms with Crippen molar-refractivity contribution in [3.8, 4) is 0 Å². The molecule has 4 atom stereocenters. The van der Waals surface area contributed by atoms with E-state index in [1.165, 1.54) is 10.0 Å². The topological polar surface area (TPSA) is 87.1 Å². The second-order valence-electron chi connectivity index (χ2n) is 8.96. The van der Waals surface area contributed by atoms with Crippen molar-refractivity contribution in [1.29, 1.82) is 0 Å². The number of esters is 1. The molecule has 1 saturated heterocycles. The summed E-state index contributed by atoms with van der Waals surface area (Å²) in [7, 11) is 0. The number of aliphatic hydroxyl groups is 1. The van der Waals surface area contributed by atoms with Crippen molar-refractivity contribution in [2.45, 2.75) is 52.2 Å². The molecule has 1 spiro atoms. The number of carbonyl (C=O) groups excluding carboxylic acids is 3. The maximum atomic E-state index is 13.9. The van der Waals surface area contributed by atoms with Gasteiger partial charge in [0.1, 0.15) is 0 Å². The molecule has 7 nitrogen and oxygen atoms in total. The van der Waals surface area contributed by atoms with Crippen LogP contribution in [0.25, 0.3) is 0 Å². The van der Waals surface area contributed by atoms with Crippen LogP contribution in [0, 0.1) is 16.7 Å². The van der Waals surface area contributed by atoms with E-state index in [1.807, 2.05) is 6.07 Å². The Morgan fingerprint density at radius 3 is 2.57 bits per heavy atom. The number of nitrogens with zero attached hydrogens (tertiary/aromatic N) is 2. The third kappa shape index (κ3) is 2.51. The average molecular weight is 412 g/mol. The van der Waals surface area contributed by atoms with Crippen LogP contribution in [0.1, 0.15) is 40.0 Å². The first-order valence-corrected chi connectivity index (χ1v) is 10.4. The highest BCUT2D eigenvalue weighted by molar-refractivity contribution is 6.07. The molecule has 0 aromatic heterocycles. The zero-order chi connectivity index (χ0) is 21.8. The molecular weight excluding hydrogens is 384 g/mol. The molecule has 160 valence electrons. The van der Waals surface area contributed by atoms with E-state index in [0.717, 1.165) is 6.42 Å². The van der Waals surface area contributed by atoms with Crippen LogP contribution < -0.4 is 5.01 Å². The lowest BCUT2D eigenvalue weighted by Crippen LogP contribution is -2.52. The first kappa shape index (κ1) is 20.6. The highest BCUT2D eigenvalue weighted by Crippen LogP contribution is 2.70. The number of hydrogen-bond acceptors (Lipinski definition) is 5. The summed E-state index contributed by atoms with van der Waals surface area (Å²) in [4.78, 5) is 39.4. The number of benzene rings is 1. The molecule has 7 heteroatoms. The van der Waals surface area contributed by atoms with Crippen molar-refractivity contribution >= 4 is 23.5 Å². The average Bonchev–Trinajstić information content (AvgIpc) is 3.25. The Hall–Kier alpha value is -2.67. The third-order valence-electron chi connectivity index (χ3n) is 7.55. The number of rotatable bonds is 5. The van der Waals surface area contributed by atoms with Gasteiger partial charge in [-0.05, 0) is 49.7 Å². The summed E-state index contributed by atoms with van der Waals surface area (Å²) in [6, 6.07) is 8.60. The fourth-order valence-electron chi connectivity index (χ4n) is 5.86. The SMILES string of the molecule is C=C(C(=O)OCC)[C@H](O)C(=O)N1[C@@H]2C[C@H]3CC[C@]2(C(=O)N1c1ccccc1)C3(C)C. The lowest BCUT2D eigenvalue weighted by atomic mass is 9.67. The Morgan fingerprint density at radius 2 is 1.97 bits per heavy atom. The van der Waals surface area contributed by atoms with Crippen molar-refractivity contribution < 1.29 is 24.2 Å². The van der Waals surface area contributed by atoms with Gasteiger partial charge in [-0.3, -0.25) is 9.59 Å². The molecule has 2 amide bonds. The largest absolute Gasteiger partial charge is 0.463 e. The highest BCUT2D eigenvalue weighted by atomic mass is 16.5. The van der Waals surface area contributed by atoms with Crippen LogP contribution in [0.15, 0.2) is 42.5 Å². The van der Waals surface area contributed by atoms with Gasteiger partial charge in [-0.1, -0.05) is 38.6 Å². The number of carbonyl (C=O) groups is 3. The first-order valence-electron chi connectivity index (χ1n) is 10.4. The van der Waals surface area contributed by atoms with Gasteiger partial charge < -0.3 is 9.84 Å². The predicted molar refractivity (Wildman–Crippen MR) is 110 cm³/mol. The number of hydrogen-bond donors (Lipinski definition) is 1. The van der Waals surface area contributed by atoms with Crippen LogP contribution >= 0.6 is 0 Å². The summed E-state index contributed by atoms with van der Waals surface area (Å²) in [5.41, 5.74) is -0.730. The summed E-state index contributed by atoms with van der Waals surface area (Å²) >= 11 is 0. The van der Waals surface area contributed by atoms with Gasteiger partial charge >= 0.3 is 5.97 Å². The Labute approximate surface area is 176 Å². The van der Waals surface area contributed by atoms with Crippen LogP contribution in [-0.2, 0) is 19.1 Å². The third-order valence-corrected chi connectivity index (χ3v) is 7.55. The molecule has 1 aromatic carbocycles. The minimum atomic E-state index is -1.78. The molecule has 2 saturated carbocycles. The molecule has 0 radical (unpaired) electrons. The monoisotopic (exact) mass is 412 g/mol. The summed E-state index contributed by atoms with van der Waals surface area (Å²) < 4.78 is 4.89. The number of hydrazine groups is 1. The van der Waals surface area contributed by atoms with E-state index in [9.17, 15) is 19.5 Å². The van der Waals surface area contributed by atoms with E-state index in [1.54, 1.807) is 31.2 Å². The van der Waals surface area contributed by atoms with E-state index in [0.29, 0.717) is 24.4 Å². The van der Waals surface area contributed by atoms with Crippen molar-refractivity contribution in [2.24, 2.45) is 16.7 Å². The van der Waals surface area contributed by atoms with E-state index in [-0.39, 0.29) is 29.5 Å². The van der Waals surface area contributed by atoms with Crippen molar-refractivity contribution in [3.05, 3.63) is 42.5 Å². The van der Waals surface area contributed by atoms with E-state index in [2.05, 4.69) is 20.4 Å². The Kier molecular flexibility index (Phi) is 4.77. The Balaban J connectivity index is 1.76. The number of aliphatic hydroxyl groups excluding tert-OH is 1. The second kappa shape index (κ2) is 6.94. The molecule has 1 aliphatic heterocycles.